The minimum Gasteiger partial charge on any atom is -0.481 e. The SMILES string of the molecule is C/C(CC(C)(C)C1CCCCC1)=N/NC(N)N.CC(=O)O. The summed E-state index contributed by atoms with van der Waals surface area (Å²) in [5.74, 6) is -0.00653. The molecule has 0 aromatic carbocycles. The highest BCUT2D eigenvalue weighted by Crippen LogP contribution is 2.40. The largest absolute Gasteiger partial charge is 0.481 e. The van der Waals surface area contributed by atoms with Crippen molar-refractivity contribution in [1.29, 1.82) is 0 Å². The van der Waals surface area contributed by atoms with Crippen molar-refractivity contribution in [1.82, 2.24) is 5.43 Å². The number of rotatable bonds is 5. The third-order valence-corrected chi connectivity index (χ3v) is 3.83. The standard InChI is InChI=1S/C13H28N4.C2H4O2/c1-10(16-17-12(14)15)9-13(2,3)11-7-5-4-6-8-11;1-2(3)4/h11-12,17H,4-9,14-15H2,1-3H3;1H3,(H,3,4)/b16-10-;. The van der Waals surface area contributed by atoms with E-state index in [2.05, 4.69) is 24.4 Å². The molecule has 0 aliphatic heterocycles. The van der Waals surface area contributed by atoms with E-state index in [1.165, 1.54) is 32.1 Å². The molecule has 6 N–H and O–H groups in total. The molecule has 1 aliphatic rings. The zero-order valence-corrected chi connectivity index (χ0v) is 13.9. The van der Waals surface area contributed by atoms with Gasteiger partial charge in [0.15, 0.2) is 0 Å². The summed E-state index contributed by atoms with van der Waals surface area (Å²) in [5.41, 5.74) is 14.9. The van der Waals surface area contributed by atoms with Crippen molar-refractivity contribution in [3.8, 4) is 0 Å². The van der Waals surface area contributed by atoms with Crippen molar-refractivity contribution in [2.24, 2.45) is 27.9 Å². The Morgan fingerprint density at radius 1 is 1.29 bits per heavy atom. The molecule has 0 saturated heterocycles. The molecule has 0 amide bonds. The molecule has 0 atom stereocenters. The number of aliphatic carboxylic acids is 1. The van der Waals surface area contributed by atoms with Crippen LogP contribution in [0.25, 0.3) is 0 Å². The van der Waals surface area contributed by atoms with Crippen molar-refractivity contribution in [3.05, 3.63) is 0 Å². The lowest BCUT2D eigenvalue weighted by Gasteiger charge is -2.37. The van der Waals surface area contributed by atoms with Crippen LogP contribution >= 0.6 is 0 Å². The predicted octanol–water partition coefficient (Wildman–Crippen LogP) is 2.24. The van der Waals surface area contributed by atoms with Crippen LogP contribution in [0.3, 0.4) is 0 Å². The summed E-state index contributed by atoms with van der Waals surface area (Å²) < 4.78 is 0. The lowest BCUT2D eigenvalue weighted by Crippen LogP contribution is -2.42. The van der Waals surface area contributed by atoms with Gasteiger partial charge in [-0.25, -0.2) is 0 Å². The molecular formula is C15H32N4O2. The van der Waals surface area contributed by atoms with Gasteiger partial charge in [-0.3, -0.25) is 21.7 Å². The zero-order chi connectivity index (χ0) is 16.5. The molecule has 1 fully saturated rings. The van der Waals surface area contributed by atoms with E-state index < -0.39 is 12.3 Å². The van der Waals surface area contributed by atoms with Crippen LogP contribution in [0.4, 0.5) is 0 Å². The van der Waals surface area contributed by atoms with E-state index in [0.29, 0.717) is 5.41 Å². The van der Waals surface area contributed by atoms with Crippen LogP contribution in [-0.4, -0.2) is 23.1 Å². The Bertz CT molecular complexity index is 331. The number of hydrogen-bond donors (Lipinski definition) is 4. The fraction of sp³-hybridized carbons (Fsp3) is 0.867. The Morgan fingerprint density at radius 2 is 1.76 bits per heavy atom. The molecule has 0 unspecified atom stereocenters. The molecule has 0 aromatic rings. The number of nitrogens with two attached hydrogens (primary N) is 2. The summed E-state index contributed by atoms with van der Waals surface area (Å²) in [5, 5.41) is 11.6. The van der Waals surface area contributed by atoms with Crippen molar-refractivity contribution in [2.45, 2.75) is 72.5 Å². The minimum atomic E-state index is -0.833. The maximum Gasteiger partial charge on any atom is 0.300 e. The molecule has 0 heterocycles. The molecule has 124 valence electrons. The highest BCUT2D eigenvalue weighted by atomic mass is 16.4. The topological polar surface area (TPSA) is 114 Å². The monoisotopic (exact) mass is 300 g/mol. The number of carbonyl (C=O) groups is 1. The first kappa shape index (κ1) is 19.9. The van der Waals surface area contributed by atoms with Gasteiger partial charge in [-0.1, -0.05) is 33.1 Å². The Balaban J connectivity index is 0.000000885. The van der Waals surface area contributed by atoms with Gasteiger partial charge in [0, 0.05) is 12.6 Å². The van der Waals surface area contributed by atoms with E-state index >= 15 is 0 Å². The molecule has 0 bridgehead atoms. The first-order chi connectivity index (χ1) is 9.65. The van der Waals surface area contributed by atoms with Gasteiger partial charge in [0.25, 0.3) is 5.97 Å². The van der Waals surface area contributed by atoms with E-state index in [1.54, 1.807) is 0 Å². The minimum absolute atomic E-state index is 0.328. The molecule has 6 nitrogen and oxygen atoms in total. The molecule has 0 spiro atoms. The Morgan fingerprint density at radius 3 is 2.19 bits per heavy atom. The summed E-state index contributed by atoms with van der Waals surface area (Å²) >= 11 is 0. The first-order valence-corrected chi connectivity index (χ1v) is 7.64. The lowest BCUT2D eigenvalue weighted by molar-refractivity contribution is -0.134. The lowest BCUT2D eigenvalue weighted by atomic mass is 9.69. The Kier molecular flexibility index (Phi) is 9.21. The van der Waals surface area contributed by atoms with Gasteiger partial charge in [-0.15, -0.1) is 0 Å². The smallest absolute Gasteiger partial charge is 0.300 e. The van der Waals surface area contributed by atoms with Crippen LogP contribution in [0, 0.1) is 11.3 Å². The van der Waals surface area contributed by atoms with Crippen molar-refractivity contribution in [3.63, 3.8) is 0 Å². The van der Waals surface area contributed by atoms with E-state index in [4.69, 9.17) is 21.4 Å². The summed E-state index contributed by atoms with van der Waals surface area (Å²) in [6, 6.07) is 0. The number of nitrogens with one attached hydrogen (secondary N) is 1. The van der Waals surface area contributed by atoms with Gasteiger partial charge < -0.3 is 5.11 Å². The molecule has 1 rings (SSSR count). The average Bonchev–Trinajstić information content (AvgIpc) is 2.36. The number of hydrazone groups is 1. The highest BCUT2D eigenvalue weighted by molar-refractivity contribution is 5.82. The van der Waals surface area contributed by atoms with Crippen molar-refractivity contribution < 1.29 is 9.90 Å². The van der Waals surface area contributed by atoms with Crippen LogP contribution in [0.1, 0.15) is 66.2 Å². The van der Waals surface area contributed by atoms with Gasteiger partial charge in [0.2, 0.25) is 0 Å². The highest BCUT2D eigenvalue weighted by Gasteiger charge is 2.30. The predicted molar refractivity (Wildman–Crippen MR) is 86.7 cm³/mol. The maximum absolute atomic E-state index is 9.00. The van der Waals surface area contributed by atoms with E-state index in [0.717, 1.165) is 25.0 Å². The molecule has 6 heteroatoms. The van der Waals surface area contributed by atoms with E-state index in [9.17, 15) is 0 Å². The number of hydrogen-bond acceptors (Lipinski definition) is 5. The molecule has 21 heavy (non-hydrogen) atoms. The van der Waals surface area contributed by atoms with Crippen LogP contribution < -0.4 is 16.9 Å². The second-order valence-electron chi connectivity index (χ2n) is 6.52. The molecule has 1 aliphatic carbocycles. The fourth-order valence-electron chi connectivity index (χ4n) is 2.91. The quantitative estimate of drug-likeness (QED) is 0.353. The van der Waals surface area contributed by atoms with E-state index in [1.807, 2.05) is 6.92 Å². The normalized spacial score (nSPS) is 17.2. The molecular weight excluding hydrogens is 268 g/mol. The number of carboxylic acid groups (broad SMARTS) is 1. The van der Waals surface area contributed by atoms with E-state index in [-0.39, 0.29) is 0 Å². The van der Waals surface area contributed by atoms with Crippen molar-refractivity contribution >= 4 is 11.7 Å². The third kappa shape index (κ3) is 10.3. The fourth-order valence-corrected chi connectivity index (χ4v) is 2.91. The maximum atomic E-state index is 9.00. The van der Waals surface area contributed by atoms with Crippen LogP contribution in [0.2, 0.25) is 0 Å². The summed E-state index contributed by atoms with van der Waals surface area (Å²) in [6.45, 7) is 7.83. The van der Waals surface area contributed by atoms with Gasteiger partial charge in [0.1, 0.15) is 6.29 Å². The summed E-state index contributed by atoms with van der Waals surface area (Å²) in [6.07, 6.45) is 7.35. The second kappa shape index (κ2) is 9.73. The van der Waals surface area contributed by atoms with Crippen LogP contribution in [0.15, 0.2) is 5.10 Å². The Hall–Kier alpha value is -1.14. The molecule has 0 aromatic heterocycles. The zero-order valence-electron chi connectivity index (χ0n) is 13.9. The molecule has 1 saturated carbocycles. The first-order valence-electron chi connectivity index (χ1n) is 7.64. The van der Waals surface area contributed by atoms with Gasteiger partial charge in [-0.2, -0.15) is 5.10 Å². The molecule has 0 radical (unpaired) electrons. The summed E-state index contributed by atoms with van der Waals surface area (Å²) in [7, 11) is 0. The van der Waals surface area contributed by atoms with Crippen LogP contribution in [-0.2, 0) is 4.79 Å². The Labute approximate surface area is 128 Å². The number of carboxylic acids is 1. The summed E-state index contributed by atoms with van der Waals surface area (Å²) in [4.78, 5) is 9.00. The third-order valence-electron chi connectivity index (χ3n) is 3.83. The average molecular weight is 300 g/mol. The van der Waals surface area contributed by atoms with Crippen molar-refractivity contribution in [2.75, 3.05) is 0 Å². The number of nitrogens with zero attached hydrogens (tertiary/aromatic N) is 1. The van der Waals surface area contributed by atoms with Gasteiger partial charge in [-0.05, 0) is 37.5 Å². The second-order valence-corrected chi connectivity index (χ2v) is 6.52. The van der Waals surface area contributed by atoms with Gasteiger partial charge in [0.05, 0.1) is 0 Å². The van der Waals surface area contributed by atoms with Gasteiger partial charge >= 0.3 is 0 Å². The van der Waals surface area contributed by atoms with Crippen LogP contribution in [0.5, 0.6) is 0 Å².